The lowest BCUT2D eigenvalue weighted by Gasteiger charge is -2.05. The highest BCUT2D eigenvalue weighted by Gasteiger charge is 2.09. The number of carbonyl (C=O) groups is 3. The van der Waals surface area contributed by atoms with Crippen LogP contribution in [0.5, 0.6) is 0 Å². The van der Waals surface area contributed by atoms with Crippen molar-refractivity contribution in [2.24, 2.45) is 0 Å². The van der Waals surface area contributed by atoms with Gasteiger partial charge in [0.1, 0.15) is 5.01 Å². The molecular weight excluding hydrogens is 342 g/mol. The maximum atomic E-state index is 11.6. The Morgan fingerprint density at radius 1 is 1.28 bits per heavy atom. The first-order valence-electron chi connectivity index (χ1n) is 7.86. The van der Waals surface area contributed by atoms with Crippen LogP contribution in [0.1, 0.15) is 24.8 Å². The van der Waals surface area contributed by atoms with E-state index in [1.165, 1.54) is 23.5 Å². The van der Waals surface area contributed by atoms with Gasteiger partial charge in [-0.15, -0.1) is 11.3 Å². The van der Waals surface area contributed by atoms with Crippen molar-refractivity contribution in [2.75, 3.05) is 13.2 Å². The minimum Gasteiger partial charge on any atom is -0.452 e. The van der Waals surface area contributed by atoms with E-state index in [2.05, 4.69) is 15.6 Å². The summed E-state index contributed by atoms with van der Waals surface area (Å²) in [7, 11) is 0. The number of para-hydroxylation sites is 1. The number of fused-ring (bicyclic) bond motifs is 1. The topological polar surface area (TPSA) is 97.4 Å². The van der Waals surface area contributed by atoms with Crippen LogP contribution in [0.2, 0.25) is 0 Å². The fraction of sp³-hybridized carbons (Fsp3) is 0.294. The zero-order chi connectivity index (χ0) is 18.1. The Labute approximate surface area is 149 Å². The van der Waals surface area contributed by atoms with Gasteiger partial charge in [-0.25, -0.2) is 14.6 Å². The summed E-state index contributed by atoms with van der Waals surface area (Å²) in [4.78, 5) is 38.8. The molecule has 0 aliphatic carbocycles. The van der Waals surface area contributed by atoms with Crippen LogP contribution >= 0.6 is 11.3 Å². The third-order valence-corrected chi connectivity index (χ3v) is 4.09. The monoisotopic (exact) mass is 361 g/mol. The molecule has 1 heterocycles. The third-order valence-electron chi connectivity index (χ3n) is 3.09. The van der Waals surface area contributed by atoms with Gasteiger partial charge in [0.25, 0.3) is 5.91 Å². The van der Waals surface area contributed by atoms with Gasteiger partial charge >= 0.3 is 12.0 Å². The average molecular weight is 361 g/mol. The molecule has 132 valence electrons. The zero-order valence-corrected chi connectivity index (χ0v) is 14.6. The van der Waals surface area contributed by atoms with Crippen LogP contribution in [0.15, 0.2) is 30.3 Å². The smallest absolute Gasteiger partial charge is 0.331 e. The highest BCUT2D eigenvalue weighted by Crippen LogP contribution is 2.22. The van der Waals surface area contributed by atoms with E-state index in [-0.39, 0.29) is 0 Å². The van der Waals surface area contributed by atoms with E-state index in [1.54, 1.807) is 0 Å². The summed E-state index contributed by atoms with van der Waals surface area (Å²) in [6.45, 7) is 1.95. The van der Waals surface area contributed by atoms with E-state index in [4.69, 9.17) is 4.74 Å². The van der Waals surface area contributed by atoms with Gasteiger partial charge in [-0.1, -0.05) is 25.5 Å². The number of thiazole rings is 1. The zero-order valence-electron chi connectivity index (χ0n) is 13.8. The number of imide groups is 1. The van der Waals surface area contributed by atoms with Crippen LogP contribution < -0.4 is 10.6 Å². The molecule has 8 heteroatoms. The number of aromatic nitrogens is 1. The van der Waals surface area contributed by atoms with Crippen molar-refractivity contribution in [3.8, 4) is 0 Å². The summed E-state index contributed by atoms with van der Waals surface area (Å²) in [5.41, 5.74) is 0.856. The van der Waals surface area contributed by atoms with Gasteiger partial charge in [-0.2, -0.15) is 0 Å². The number of hydrogen-bond acceptors (Lipinski definition) is 6. The number of esters is 1. The van der Waals surface area contributed by atoms with Crippen molar-refractivity contribution < 1.29 is 19.1 Å². The van der Waals surface area contributed by atoms with Crippen molar-refractivity contribution in [3.05, 3.63) is 35.3 Å². The van der Waals surface area contributed by atoms with Gasteiger partial charge < -0.3 is 10.1 Å². The van der Waals surface area contributed by atoms with Crippen LogP contribution in [0.4, 0.5) is 4.79 Å². The number of urea groups is 1. The Balaban J connectivity index is 1.74. The third kappa shape index (κ3) is 6.34. The first kappa shape index (κ1) is 18.6. The van der Waals surface area contributed by atoms with Gasteiger partial charge in [0.05, 0.1) is 10.2 Å². The number of unbranched alkanes of at least 4 members (excludes halogenated alkanes) is 1. The molecule has 2 rings (SSSR count). The van der Waals surface area contributed by atoms with Crippen molar-refractivity contribution in [2.45, 2.75) is 19.8 Å². The standard InChI is InChI=1S/C17H19N3O4S/c1-2-3-10-18-17(23)20-14(21)11-24-16(22)9-8-15-19-12-6-4-5-7-13(12)25-15/h4-9H,2-3,10-11H2,1H3,(H2,18,20,21,23)/b9-8+. The molecule has 0 aliphatic heterocycles. The predicted molar refractivity (Wildman–Crippen MR) is 96.1 cm³/mol. The lowest BCUT2D eigenvalue weighted by atomic mass is 10.3. The summed E-state index contributed by atoms with van der Waals surface area (Å²) in [6.07, 6.45) is 4.49. The molecule has 0 saturated carbocycles. The number of carbonyl (C=O) groups excluding carboxylic acids is 3. The van der Waals surface area contributed by atoms with E-state index in [1.807, 2.05) is 31.2 Å². The number of nitrogens with one attached hydrogen (secondary N) is 2. The van der Waals surface area contributed by atoms with Crippen molar-refractivity contribution in [3.63, 3.8) is 0 Å². The maximum Gasteiger partial charge on any atom is 0.331 e. The second-order valence-corrected chi connectivity index (χ2v) is 6.18. The Hall–Kier alpha value is -2.74. The SMILES string of the molecule is CCCCNC(=O)NC(=O)COC(=O)/C=C/c1nc2ccccc2s1. The molecule has 7 nitrogen and oxygen atoms in total. The fourth-order valence-electron chi connectivity index (χ4n) is 1.87. The highest BCUT2D eigenvalue weighted by atomic mass is 32.1. The van der Waals surface area contributed by atoms with Crippen molar-refractivity contribution in [1.29, 1.82) is 0 Å². The minimum atomic E-state index is -0.685. The molecule has 2 aromatic rings. The highest BCUT2D eigenvalue weighted by molar-refractivity contribution is 7.19. The van der Waals surface area contributed by atoms with Gasteiger partial charge in [-0.3, -0.25) is 10.1 Å². The van der Waals surface area contributed by atoms with Crippen molar-refractivity contribution in [1.82, 2.24) is 15.6 Å². The quantitative estimate of drug-likeness (QED) is 0.449. The molecule has 0 atom stereocenters. The molecule has 2 N–H and O–H groups in total. The van der Waals surface area contributed by atoms with E-state index >= 15 is 0 Å². The maximum absolute atomic E-state index is 11.6. The number of benzene rings is 1. The molecule has 0 spiro atoms. The predicted octanol–water partition coefficient (Wildman–Crippen LogP) is 2.48. The minimum absolute atomic E-state index is 0.486. The summed E-state index contributed by atoms with van der Waals surface area (Å²) < 4.78 is 5.80. The van der Waals surface area contributed by atoms with E-state index < -0.39 is 24.5 Å². The molecule has 0 saturated heterocycles. The first-order valence-corrected chi connectivity index (χ1v) is 8.68. The number of amides is 3. The average Bonchev–Trinajstić information content (AvgIpc) is 3.01. The Kier molecular flexibility index (Phi) is 7.09. The molecule has 0 radical (unpaired) electrons. The molecule has 25 heavy (non-hydrogen) atoms. The van der Waals surface area contributed by atoms with E-state index in [0.717, 1.165) is 23.1 Å². The van der Waals surface area contributed by atoms with Crippen LogP contribution in [-0.4, -0.2) is 36.0 Å². The summed E-state index contributed by atoms with van der Waals surface area (Å²) >= 11 is 1.44. The molecular formula is C17H19N3O4S. The molecule has 0 fully saturated rings. The summed E-state index contributed by atoms with van der Waals surface area (Å²) in [5.74, 6) is -1.36. The van der Waals surface area contributed by atoms with Crippen LogP contribution in [0.25, 0.3) is 16.3 Å². The Morgan fingerprint density at radius 3 is 2.84 bits per heavy atom. The van der Waals surface area contributed by atoms with Gasteiger partial charge in [0.2, 0.25) is 0 Å². The van der Waals surface area contributed by atoms with Crippen LogP contribution in [-0.2, 0) is 14.3 Å². The molecule has 0 aliphatic rings. The first-order chi connectivity index (χ1) is 12.1. The van der Waals surface area contributed by atoms with Crippen molar-refractivity contribution >= 4 is 45.5 Å². The summed E-state index contributed by atoms with van der Waals surface area (Å²) in [6, 6.07) is 7.04. The Bertz CT molecular complexity index is 752. The number of ether oxygens (including phenoxy) is 1. The lowest BCUT2D eigenvalue weighted by molar-refractivity contribution is -0.143. The van der Waals surface area contributed by atoms with E-state index in [9.17, 15) is 14.4 Å². The number of rotatable bonds is 7. The lowest BCUT2D eigenvalue weighted by Crippen LogP contribution is -2.41. The Morgan fingerprint density at radius 2 is 2.08 bits per heavy atom. The van der Waals surface area contributed by atoms with E-state index in [0.29, 0.717) is 11.6 Å². The summed E-state index contributed by atoms with van der Waals surface area (Å²) in [5, 5.41) is 5.28. The normalized spacial score (nSPS) is 10.8. The van der Waals surface area contributed by atoms with Gasteiger partial charge in [-0.05, 0) is 24.6 Å². The molecule has 3 amide bonds. The number of hydrogen-bond donors (Lipinski definition) is 2. The molecule has 1 aromatic carbocycles. The second kappa shape index (κ2) is 9.53. The van der Waals surface area contributed by atoms with Gasteiger partial charge in [0, 0.05) is 12.6 Å². The fourth-order valence-corrected chi connectivity index (χ4v) is 2.74. The van der Waals surface area contributed by atoms with Crippen LogP contribution in [0, 0.1) is 0 Å². The van der Waals surface area contributed by atoms with Gasteiger partial charge in [0.15, 0.2) is 6.61 Å². The second-order valence-electron chi connectivity index (χ2n) is 5.12. The molecule has 0 unspecified atom stereocenters. The van der Waals surface area contributed by atoms with Crippen LogP contribution in [0.3, 0.4) is 0 Å². The molecule has 0 bridgehead atoms. The molecule has 1 aromatic heterocycles. The number of nitrogens with zero attached hydrogens (tertiary/aromatic N) is 1. The largest absolute Gasteiger partial charge is 0.452 e.